The number of H-pyrrole nitrogens is 1. The summed E-state index contributed by atoms with van der Waals surface area (Å²) in [6.45, 7) is 7.41. The molecule has 2 aliphatic rings. The maximum Gasteiger partial charge on any atom is 0.475 e. The SMILES string of the molecule is CC(=O)O[C@H](CO[P@@]1(=O)OC[C@H]2O[C@@H](n3ccc(=O)[nH]c3=O)C(C)(C)[C@@H]2O1)CC(=O)OC(C)C. The van der Waals surface area contributed by atoms with E-state index in [2.05, 4.69) is 4.98 Å². The first-order valence-electron chi connectivity index (χ1n) is 10.7. The van der Waals surface area contributed by atoms with Gasteiger partial charge >= 0.3 is 25.5 Å². The average molecular weight is 504 g/mol. The lowest BCUT2D eigenvalue weighted by Crippen LogP contribution is -2.43. The molecule has 190 valence electrons. The van der Waals surface area contributed by atoms with Gasteiger partial charge < -0.3 is 14.2 Å². The average Bonchev–Trinajstić information content (AvgIpc) is 2.95. The van der Waals surface area contributed by atoms with Crippen LogP contribution in [0.25, 0.3) is 0 Å². The fourth-order valence-corrected chi connectivity index (χ4v) is 5.40. The van der Waals surface area contributed by atoms with E-state index in [9.17, 15) is 23.7 Å². The van der Waals surface area contributed by atoms with Crippen LogP contribution in [0.4, 0.5) is 0 Å². The first-order valence-corrected chi connectivity index (χ1v) is 12.2. The molecule has 0 aliphatic carbocycles. The first-order chi connectivity index (χ1) is 15.8. The number of nitrogens with zero attached hydrogens (tertiary/aromatic N) is 1. The van der Waals surface area contributed by atoms with Crippen molar-refractivity contribution in [3.05, 3.63) is 33.1 Å². The zero-order chi connectivity index (χ0) is 25.3. The molecule has 0 saturated carbocycles. The fraction of sp³-hybridized carbons (Fsp3) is 0.700. The zero-order valence-electron chi connectivity index (χ0n) is 19.5. The molecule has 1 N–H and O–H groups in total. The van der Waals surface area contributed by atoms with E-state index in [1.54, 1.807) is 27.7 Å². The molecule has 0 bridgehead atoms. The number of aromatic amines is 1. The fourth-order valence-electron chi connectivity index (χ4n) is 3.84. The van der Waals surface area contributed by atoms with Gasteiger partial charge in [0.15, 0.2) is 0 Å². The van der Waals surface area contributed by atoms with E-state index in [-0.39, 0.29) is 19.1 Å². The molecule has 3 rings (SSSR count). The Kier molecular flexibility index (Phi) is 7.83. The number of ether oxygens (including phenoxy) is 3. The predicted molar refractivity (Wildman–Crippen MR) is 115 cm³/mol. The smallest absolute Gasteiger partial charge is 0.463 e. The van der Waals surface area contributed by atoms with Crippen molar-refractivity contribution in [2.75, 3.05) is 13.2 Å². The third-order valence-corrected chi connectivity index (χ3v) is 6.68. The summed E-state index contributed by atoms with van der Waals surface area (Å²) in [4.78, 5) is 49.2. The molecular weight excluding hydrogens is 475 g/mol. The van der Waals surface area contributed by atoms with Gasteiger partial charge in [0.2, 0.25) is 0 Å². The number of aromatic nitrogens is 2. The Balaban J connectivity index is 1.71. The highest BCUT2D eigenvalue weighted by molar-refractivity contribution is 7.48. The van der Waals surface area contributed by atoms with E-state index in [1.165, 1.54) is 23.8 Å². The van der Waals surface area contributed by atoms with Crippen molar-refractivity contribution in [1.82, 2.24) is 9.55 Å². The molecule has 34 heavy (non-hydrogen) atoms. The van der Waals surface area contributed by atoms with Gasteiger partial charge in [-0.2, -0.15) is 0 Å². The minimum absolute atomic E-state index is 0.159. The van der Waals surface area contributed by atoms with Gasteiger partial charge in [0, 0.05) is 24.6 Å². The van der Waals surface area contributed by atoms with Crippen molar-refractivity contribution in [1.29, 1.82) is 0 Å². The number of rotatable bonds is 8. The van der Waals surface area contributed by atoms with Gasteiger partial charge in [-0.25, -0.2) is 9.36 Å². The second-order valence-electron chi connectivity index (χ2n) is 8.90. The predicted octanol–water partition coefficient (Wildman–Crippen LogP) is 1.27. The number of phosphoric ester groups is 1. The quantitative estimate of drug-likeness (QED) is 0.401. The Hall–Kier alpha value is -2.31. The summed E-state index contributed by atoms with van der Waals surface area (Å²) >= 11 is 0. The molecule has 0 amide bonds. The van der Waals surface area contributed by atoms with Gasteiger partial charge in [0.25, 0.3) is 5.56 Å². The second-order valence-corrected chi connectivity index (χ2v) is 10.5. The maximum atomic E-state index is 13.2. The lowest BCUT2D eigenvalue weighted by Gasteiger charge is -2.36. The summed E-state index contributed by atoms with van der Waals surface area (Å²) in [6.07, 6.45) is -2.75. The van der Waals surface area contributed by atoms with Gasteiger partial charge in [-0.05, 0) is 13.8 Å². The van der Waals surface area contributed by atoms with Crippen molar-refractivity contribution in [3.8, 4) is 0 Å². The van der Waals surface area contributed by atoms with Crippen LogP contribution in [-0.2, 0) is 41.9 Å². The summed E-state index contributed by atoms with van der Waals surface area (Å²) in [5, 5.41) is 0. The molecule has 1 aromatic rings. The van der Waals surface area contributed by atoms with Crippen molar-refractivity contribution in [3.63, 3.8) is 0 Å². The first kappa shape index (κ1) is 26.3. The van der Waals surface area contributed by atoms with Gasteiger partial charge in [-0.1, -0.05) is 13.8 Å². The van der Waals surface area contributed by atoms with Gasteiger partial charge in [0.1, 0.15) is 24.5 Å². The number of hydrogen-bond acceptors (Lipinski definition) is 11. The third-order valence-electron chi connectivity index (χ3n) is 5.27. The van der Waals surface area contributed by atoms with Crippen LogP contribution >= 0.6 is 7.82 Å². The number of hydrogen-bond donors (Lipinski definition) is 1. The van der Waals surface area contributed by atoms with Crippen LogP contribution in [0, 0.1) is 5.41 Å². The molecule has 3 heterocycles. The minimum Gasteiger partial charge on any atom is -0.463 e. The van der Waals surface area contributed by atoms with Crippen molar-refractivity contribution in [2.45, 2.75) is 71.7 Å². The molecule has 1 aromatic heterocycles. The lowest BCUT2D eigenvalue weighted by molar-refractivity contribution is -0.157. The van der Waals surface area contributed by atoms with Crippen LogP contribution in [0.3, 0.4) is 0 Å². The van der Waals surface area contributed by atoms with Crippen LogP contribution in [0.15, 0.2) is 21.9 Å². The van der Waals surface area contributed by atoms with E-state index in [4.69, 9.17) is 27.8 Å². The third kappa shape index (κ3) is 6.02. The molecule has 14 heteroatoms. The standard InChI is InChI=1S/C20H29N2O11P/c1-11(2)30-16(25)8-13(31-12(3)23)9-28-34(27)29-10-14-17(33-34)20(4,5)18(32-14)22-7-6-15(24)21-19(22)26/h6-7,11,13-14,17-18H,8-10H2,1-5H3,(H,21,24,26)/t13-,14+,17+,18+,34-/m0/s1. The van der Waals surface area contributed by atoms with Crippen molar-refractivity contribution < 1.29 is 41.9 Å². The summed E-state index contributed by atoms with van der Waals surface area (Å²) < 4.78 is 46.8. The molecule has 0 unspecified atom stereocenters. The van der Waals surface area contributed by atoms with Crippen LogP contribution in [0.1, 0.15) is 47.3 Å². The lowest BCUT2D eigenvalue weighted by atomic mass is 9.84. The van der Waals surface area contributed by atoms with Gasteiger partial charge in [0.05, 0.1) is 25.7 Å². The number of fused-ring (bicyclic) bond motifs is 1. The van der Waals surface area contributed by atoms with Crippen molar-refractivity contribution >= 4 is 19.8 Å². The van der Waals surface area contributed by atoms with E-state index in [1.807, 2.05) is 0 Å². The number of phosphoric acid groups is 1. The largest absolute Gasteiger partial charge is 0.475 e. The van der Waals surface area contributed by atoms with Gasteiger partial charge in [-0.3, -0.25) is 37.5 Å². The Morgan fingerprint density at radius 3 is 2.62 bits per heavy atom. The number of nitrogens with one attached hydrogen (secondary N) is 1. The van der Waals surface area contributed by atoms with E-state index >= 15 is 0 Å². The Morgan fingerprint density at radius 1 is 1.29 bits per heavy atom. The number of carbonyl (C=O) groups excluding carboxylic acids is 2. The molecule has 2 aliphatic heterocycles. The normalized spacial score (nSPS) is 28.8. The number of esters is 2. The van der Waals surface area contributed by atoms with Gasteiger partial charge in [-0.15, -0.1) is 0 Å². The van der Waals surface area contributed by atoms with E-state index in [0.717, 1.165) is 0 Å². The Labute approximate surface area is 195 Å². The second kappa shape index (κ2) is 10.1. The number of carbonyl (C=O) groups is 2. The molecular formula is C20H29N2O11P. The summed E-state index contributed by atoms with van der Waals surface area (Å²) in [5.41, 5.74) is -2.10. The highest BCUT2D eigenvalue weighted by atomic mass is 31.2. The summed E-state index contributed by atoms with van der Waals surface area (Å²) in [5.74, 6) is -1.28. The molecule has 5 atom stereocenters. The topological polar surface area (TPSA) is 161 Å². The van der Waals surface area contributed by atoms with E-state index in [0.29, 0.717) is 0 Å². The molecule has 2 fully saturated rings. The molecule has 0 spiro atoms. The highest BCUT2D eigenvalue weighted by Gasteiger charge is 2.58. The molecule has 13 nitrogen and oxygen atoms in total. The van der Waals surface area contributed by atoms with Crippen LogP contribution in [-0.4, -0.2) is 59.1 Å². The molecule has 0 aromatic carbocycles. The molecule has 2 saturated heterocycles. The van der Waals surface area contributed by atoms with Crippen LogP contribution in [0.5, 0.6) is 0 Å². The monoisotopic (exact) mass is 504 g/mol. The van der Waals surface area contributed by atoms with E-state index < -0.39 is 67.6 Å². The minimum atomic E-state index is -4.14. The maximum absolute atomic E-state index is 13.2. The van der Waals surface area contributed by atoms with Crippen LogP contribution < -0.4 is 11.2 Å². The van der Waals surface area contributed by atoms with Crippen LogP contribution in [0.2, 0.25) is 0 Å². The Bertz CT molecular complexity index is 1080. The highest BCUT2D eigenvalue weighted by Crippen LogP contribution is 2.60. The van der Waals surface area contributed by atoms with Crippen molar-refractivity contribution in [2.24, 2.45) is 5.41 Å². The summed E-state index contributed by atoms with van der Waals surface area (Å²) in [7, 11) is -4.14. The molecule has 0 radical (unpaired) electrons. The summed E-state index contributed by atoms with van der Waals surface area (Å²) in [6, 6.07) is 1.19. The zero-order valence-corrected chi connectivity index (χ0v) is 20.4. The Morgan fingerprint density at radius 2 is 2.00 bits per heavy atom.